The Bertz CT molecular complexity index is 646. The van der Waals surface area contributed by atoms with Crippen molar-refractivity contribution in [3.63, 3.8) is 0 Å². The maximum Gasteiger partial charge on any atom is 0.136 e. The Hall–Kier alpha value is -1.81. The lowest BCUT2D eigenvalue weighted by Gasteiger charge is -2.24. The van der Waals surface area contributed by atoms with Crippen LogP contribution >= 0.6 is 0 Å². The Morgan fingerprint density at radius 1 is 1.25 bits per heavy atom. The Kier molecular flexibility index (Phi) is 2.60. The molecule has 1 atom stereocenters. The Balaban J connectivity index is 1.74. The number of nitrogens with zero attached hydrogens (tertiary/aromatic N) is 2. The van der Waals surface area contributed by atoms with Gasteiger partial charge in [-0.2, -0.15) is 0 Å². The number of hydrogen-bond donors (Lipinski definition) is 2. The van der Waals surface area contributed by atoms with Gasteiger partial charge in [0.2, 0.25) is 0 Å². The van der Waals surface area contributed by atoms with E-state index in [1.807, 2.05) is 12.3 Å². The van der Waals surface area contributed by atoms with Gasteiger partial charge >= 0.3 is 0 Å². The molecule has 0 aliphatic carbocycles. The SMILES string of the molecule is Nc1ccc2ccnc(N3CCC4(CCNC4)C3)c2c1. The molecular weight excluding hydrogens is 248 g/mol. The van der Waals surface area contributed by atoms with Crippen molar-refractivity contribution in [1.82, 2.24) is 10.3 Å². The fourth-order valence-corrected chi connectivity index (χ4v) is 3.68. The second-order valence-electron chi connectivity index (χ2n) is 6.21. The van der Waals surface area contributed by atoms with Gasteiger partial charge in [0.25, 0.3) is 0 Å². The molecule has 0 radical (unpaired) electrons. The summed E-state index contributed by atoms with van der Waals surface area (Å²) in [6.07, 6.45) is 4.46. The van der Waals surface area contributed by atoms with Crippen LogP contribution in [-0.2, 0) is 0 Å². The second-order valence-corrected chi connectivity index (χ2v) is 6.21. The van der Waals surface area contributed by atoms with E-state index in [4.69, 9.17) is 5.73 Å². The molecule has 2 aliphatic heterocycles. The first-order valence-electron chi connectivity index (χ1n) is 7.36. The fourth-order valence-electron chi connectivity index (χ4n) is 3.68. The molecule has 4 heteroatoms. The van der Waals surface area contributed by atoms with Gasteiger partial charge in [-0.15, -0.1) is 0 Å². The first-order valence-corrected chi connectivity index (χ1v) is 7.36. The van der Waals surface area contributed by atoms with Crippen molar-refractivity contribution in [2.75, 3.05) is 36.8 Å². The van der Waals surface area contributed by atoms with Crippen molar-refractivity contribution in [1.29, 1.82) is 0 Å². The first kappa shape index (κ1) is 12.0. The topological polar surface area (TPSA) is 54.2 Å². The molecule has 1 unspecified atom stereocenters. The van der Waals surface area contributed by atoms with E-state index in [-0.39, 0.29) is 0 Å². The minimum Gasteiger partial charge on any atom is -0.399 e. The van der Waals surface area contributed by atoms with Crippen molar-refractivity contribution >= 4 is 22.3 Å². The highest BCUT2D eigenvalue weighted by Crippen LogP contribution is 2.39. The highest BCUT2D eigenvalue weighted by Gasteiger charge is 2.40. The standard InChI is InChI=1S/C16H20N4/c17-13-2-1-12-3-6-19-15(14(12)9-13)20-8-5-16(11-20)4-7-18-10-16/h1-3,6,9,18H,4-5,7-8,10-11,17H2. The number of pyridine rings is 1. The molecule has 0 amide bonds. The smallest absolute Gasteiger partial charge is 0.136 e. The van der Waals surface area contributed by atoms with Crippen molar-refractivity contribution in [2.24, 2.45) is 5.41 Å². The van der Waals surface area contributed by atoms with Gasteiger partial charge in [-0.3, -0.25) is 0 Å². The molecular formula is C16H20N4. The molecule has 2 fully saturated rings. The third kappa shape index (κ3) is 1.83. The molecule has 2 aromatic rings. The summed E-state index contributed by atoms with van der Waals surface area (Å²) in [5.41, 5.74) is 7.22. The van der Waals surface area contributed by atoms with Gasteiger partial charge in [-0.25, -0.2) is 4.98 Å². The van der Waals surface area contributed by atoms with Gasteiger partial charge in [0, 0.05) is 42.3 Å². The molecule has 20 heavy (non-hydrogen) atoms. The molecule has 104 valence electrons. The Morgan fingerprint density at radius 3 is 3.05 bits per heavy atom. The molecule has 1 aromatic heterocycles. The van der Waals surface area contributed by atoms with Gasteiger partial charge < -0.3 is 16.0 Å². The van der Waals surface area contributed by atoms with E-state index in [1.165, 1.54) is 23.6 Å². The van der Waals surface area contributed by atoms with Crippen LogP contribution < -0.4 is 16.0 Å². The average Bonchev–Trinajstić information content (AvgIpc) is 3.09. The number of nitrogens with one attached hydrogen (secondary N) is 1. The molecule has 1 aromatic carbocycles. The van der Waals surface area contributed by atoms with Gasteiger partial charge in [-0.1, -0.05) is 6.07 Å². The maximum absolute atomic E-state index is 5.95. The zero-order valence-electron chi connectivity index (χ0n) is 11.6. The molecule has 0 bridgehead atoms. The largest absolute Gasteiger partial charge is 0.399 e. The summed E-state index contributed by atoms with van der Waals surface area (Å²) in [5, 5.41) is 5.90. The average molecular weight is 268 g/mol. The fraction of sp³-hybridized carbons (Fsp3) is 0.438. The van der Waals surface area contributed by atoms with Gasteiger partial charge in [0.05, 0.1) is 0 Å². The summed E-state index contributed by atoms with van der Waals surface area (Å²) in [5.74, 6) is 1.10. The van der Waals surface area contributed by atoms with Crippen molar-refractivity contribution < 1.29 is 0 Å². The minimum atomic E-state index is 0.462. The third-order valence-electron chi connectivity index (χ3n) is 4.84. The van der Waals surface area contributed by atoms with E-state index in [9.17, 15) is 0 Å². The highest BCUT2D eigenvalue weighted by molar-refractivity contribution is 5.94. The summed E-state index contributed by atoms with van der Waals surface area (Å²) in [7, 11) is 0. The van der Waals surface area contributed by atoms with E-state index in [0.717, 1.165) is 37.7 Å². The van der Waals surface area contributed by atoms with E-state index < -0.39 is 0 Å². The summed E-state index contributed by atoms with van der Waals surface area (Å²) < 4.78 is 0. The van der Waals surface area contributed by atoms with Gasteiger partial charge in [0.1, 0.15) is 5.82 Å². The number of nitrogens with two attached hydrogens (primary N) is 1. The normalized spacial score (nSPS) is 25.9. The number of rotatable bonds is 1. The minimum absolute atomic E-state index is 0.462. The van der Waals surface area contributed by atoms with Crippen LogP contribution in [0.2, 0.25) is 0 Å². The van der Waals surface area contributed by atoms with Crippen molar-refractivity contribution in [3.05, 3.63) is 30.5 Å². The molecule has 3 N–H and O–H groups in total. The van der Waals surface area contributed by atoms with E-state index >= 15 is 0 Å². The maximum atomic E-state index is 5.95. The highest BCUT2D eigenvalue weighted by atomic mass is 15.2. The van der Waals surface area contributed by atoms with Crippen LogP contribution in [0, 0.1) is 5.41 Å². The van der Waals surface area contributed by atoms with E-state index in [1.54, 1.807) is 0 Å². The van der Waals surface area contributed by atoms with Crippen LogP contribution in [0.1, 0.15) is 12.8 Å². The summed E-state index contributed by atoms with van der Waals surface area (Å²) >= 11 is 0. The van der Waals surface area contributed by atoms with Crippen molar-refractivity contribution in [3.8, 4) is 0 Å². The third-order valence-corrected chi connectivity index (χ3v) is 4.84. The molecule has 4 rings (SSSR count). The number of aromatic nitrogens is 1. The second kappa shape index (κ2) is 4.35. The van der Waals surface area contributed by atoms with Crippen LogP contribution in [0.25, 0.3) is 10.8 Å². The lowest BCUT2D eigenvalue weighted by molar-refractivity contribution is 0.369. The van der Waals surface area contributed by atoms with Crippen LogP contribution in [0.5, 0.6) is 0 Å². The first-order chi connectivity index (χ1) is 9.76. The molecule has 3 heterocycles. The van der Waals surface area contributed by atoms with Crippen LogP contribution in [0.3, 0.4) is 0 Å². The summed E-state index contributed by atoms with van der Waals surface area (Å²) in [4.78, 5) is 7.07. The summed E-state index contributed by atoms with van der Waals surface area (Å²) in [6, 6.07) is 8.15. The Labute approximate surface area is 119 Å². The van der Waals surface area contributed by atoms with Crippen molar-refractivity contribution in [2.45, 2.75) is 12.8 Å². The van der Waals surface area contributed by atoms with E-state index in [2.05, 4.69) is 33.4 Å². The van der Waals surface area contributed by atoms with Crippen LogP contribution in [-0.4, -0.2) is 31.2 Å². The molecule has 0 saturated carbocycles. The molecule has 2 aliphatic rings. The number of hydrogen-bond acceptors (Lipinski definition) is 4. The zero-order chi connectivity index (χ0) is 13.6. The van der Waals surface area contributed by atoms with Crippen LogP contribution in [0.4, 0.5) is 11.5 Å². The number of fused-ring (bicyclic) bond motifs is 1. The van der Waals surface area contributed by atoms with Gasteiger partial charge in [0.15, 0.2) is 0 Å². The lowest BCUT2D eigenvalue weighted by atomic mass is 9.86. The quantitative estimate of drug-likeness (QED) is 0.777. The summed E-state index contributed by atoms with van der Waals surface area (Å²) in [6.45, 7) is 4.52. The molecule has 2 saturated heterocycles. The number of benzene rings is 1. The number of nitrogen functional groups attached to an aromatic ring is 1. The predicted octanol–water partition coefficient (Wildman–Crippen LogP) is 2.01. The van der Waals surface area contributed by atoms with Crippen LogP contribution in [0.15, 0.2) is 30.5 Å². The molecule has 1 spiro atoms. The predicted molar refractivity (Wildman–Crippen MR) is 82.9 cm³/mol. The Morgan fingerprint density at radius 2 is 2.20 bits per heavy atom. The monoisotopic (exact) mass is 268 g/mol. The zero-order valence-corrected chi connectivity index (χ0v) is 11.6. The molecule has 4 nitrogen and oxygen atoms in total. The number of anilines is 2. The lowest BCUT2D eigenvalue weighted by Crippen LogP contribution is -2.29. The van der Waals surface area contributed by atoms with Gasteiger partial charge in [-0.05, 0) is 43.0 Å². The van der Waals surface area contributed by atoms with E-state index in [0.29, 0.717) is 5.41 Å².